The Morgan fingerprint density at radius 1 is 1.44 bits per heavy atom. The van der Waals surface area contributed by atoms with E-state index in [1.54, 1.807) is 0 Å². The second-order valence-electron chi connectivity index (χ2n) is 6.31. The van der Waals surface area contributed by atoms with Gasteiger partial charge in [-0.05, 0) is 12.8 Å². The van der Waals surface area contributed by atoms with Crippen molar-refractivity contribution in [3.63, 3.8) is 0 Å². The number of nitrogens with two attached hydrogens (primary N) is 1. The summed E-state index contributed by atoms with van der Waals surface area (Å²) in [6, 6.07) is -1.85. The average Bonchev–Trinajstić information content (AvgIpc) is 2.83. The molecule has 25 heavy (non-hydrogen) atoms. The van der Waals surface area contributed by atoms with Crippen LogP contribution in [0.3, 0.4) is 0 Å². The first-order chi connectivity index (χ1) is 11.7. The van der Waals surface area contributed by atoms with Crippen LogP contribution in [0.1, 0.15) is 19.8 Å². The number of carboxylic acids is 1. The SMILES string of the molecule is CBN[C@H]1[C@@H]([C@H](NC(C)=O)[C@@H](O)CCO)[C@H](NC(=N)N)C[C@@H]1C(=O)O. The maximum Gasteiger partial charge on any atom is 0.308 e. The highest BCUT2D eigenvalue weighted by molar-refractivity contribution is 6.30. The molecule has 0 radical (unpaired) electrons. The molecule has 0 bridgehead atoms. The molecule has 0 heterocycles. The van der Waals surface area contributed by atoms with Crippen molar-refractivity contribution in [2.75, 3.05) is 6.61 Å². The number of guanidine groups is 1. The molecule has 0 aromatic rings. The van der Waals surface area contributed by atoms with Crippen LogP contribution in [0.4, 0.5) is 0 Å². The van der Waals surface area contributed by atoms with Gasteiger partial charge in [0.25, 0.3) is 0 Å². The summed E-state index contributed by atoms with van der Waals surface area (Å²) >= 11 is 0. The number of amides is 1. The van der Waals surface area contributed by atoms with Crippen molar-refractivity contribution in [1.82, 2.24) is 15.9 Å². The van der Waals surface area contributed by atoms with Crippen molar-refractivity contribution in [3.05, 3.63) is 0 Å². The van der Waals surface area contributed by atoms with Crippen LogP contribution in [0.25, 0.3) is 0 Å². The zero-order valence-electron chi connectivity index (χ0n) is 14.5. The van der Waals surface area contributed by atoms with Crippen LogP contribution in [0.15, 0.2) is 0 Å². The van der Waals surface area contributed by atoms with E-state index < -0.39 is 42.0 Å². The first-order valence-electron chi connectivity index (χ1n) is 8.35. The van der Waals surface area contributed by atoms with E-state index in [1.165, 1.54) is 6.92 Å². The number of aliphatic hydroxyl groups is 2. The second kappa shape index (κ2) is 9.59. The van der Waals surface area contributed by atoms with Gasteiger partial charge in [0.05, 0.1) is 18.1 Å². The molecular formula is C14H28BN5O5. The molecule has 11 heteroatoms. The first-order valence-corrected chi connectivity index (χ1v) is 8.35. The largest absolute Gasteiger partial charge is 0.481 e. The molecule has 142 valence electrons. The Bertz CT molecular complexity index is 494. The molecule has 1 aliphatic carbocycles. The number of rotatable bonds is 9. The number of hydrogen-bond donors (Lipinski definition) is 8. The quantitative estimate of drug-likeness (QED) is 0.123. The van der Waals surface area contributed by atoms with Crippen molar-refractivity contribution in [2.45, 2.75) is 50.8 Å². The standard InChI is InChI=1S/C14H28BN5O5/c1-6(22)18-12(9(23)3-4-21)10-8(19-14(16)17)5-7(13(24)25)11(10)20-15-2/h7-12,15,20-21,23H,3-5H2,1-2H3,(H,18,22)(H,24,25)(H4,16,17,19)/t7-,8+,9-,10-,11+,12+/m0/s1. The molecule has 0 aliphatic heterocycles. The molecule has 0 unspecified atom stereocenters. The fourth-order valence-corrected chi connectivity index (χ4v) is 3.69. The molecule has 0 aromatic carbocycles. The van der Waals surface area contributed by atoms with Gasteiger partial charge in [0.15, 0.2) is 13.4 Å². The van der Waals surface area contributed by atoms with E-state index in [4.69, 9.17) is 16.2 Å². The maximum absolute atomic E-state index is 11.7. The number of carbonyl (C=O) groups is 2. The summed E-state index contributed by atoms with van der Waals surface area (Å²) in [5.74, 6) is -2.98. The molecule has 9 N–H and O–H groups in total. The number of carbonyl (C=O) groups excluding carboxylic acids is 1. The molecule has 10 nitrogen and oxygen atoms in total. The number of aliphatic hydroxyl groups excluding tert-OH is 2. The van der Waals surface area contributed by atoms with Crippen LogP contribution >= 0.6 is 0 Å². The van der Waals surface area contributed by atoms with Crippen LogP contribution in [0.2, 0.25) is 6.82 Å². The summed E-state index contributed by atoms with van der Waals surface area (Å²) in [5, 5.41) is 45.1. The Kier molecular flexibility index (Phi) is 8.13. The molecule has 6 atom stereocenters. The molecule has 1 amide bonds. The lowest BCUT2D eigenvalue weighted by atomic mass is 9.82. The third kappa shape index (κ3) is 5.58. The smallest absolute Gasteiger partial charge is 0.308 e. The molecule has 1 saturated carbocycles. The van der Waals surface area contributed by atoms with Gasteiger partial charge < -0.3 is 36.9 Å². The van der Waals surface area contributed by atoms with Gasteiger partial charge in [0.2, 0.25) is 5.91 Å². The first kappa shape index (κ1) is 21.2. The van der Waals surface area contributed by atoms with Gasteiger partial charge in [0, 0.05) is 31.5 Å². The predicted octanol–water partition coefficient (Wildman–Crippen LogP) is -2.84. The van der Waals surface area contributed by atoms with E-state index in [0.29, 0.717) is 7.41 Å². The van der Waals surface area contributed by atoms with Crippen molar-refractivity contribution in [1.29, 1.82) is 5.41 Å². The monoisotopic (exact) mass is 357 g/mol. The van der Waals surface area contributed by atoms with E-state index in [2.05, 4.69) is 15.9 Å². The number of nitrogens with one attached hydrogen (secondary N) is 4. The molecule has 1 rings (SSSR count). The zero-order chi connectivity index (χ0) is 19.1. The van der Waals surface area contributed by atoms with Crippen molar-refractivity contribution >= 4 is 25.3 Å². The Balaban J connectivity index is 3.25. The van der Waals surface area contributed by atoms with E-state index in [9.17, 15) is 19.8 Å². The van der Waals surface area contributed by atoms with E-state index in [0.717, 1.165) is 0 Å². The lowest BCUT2D eigenvalue weighted by molar-refractivity contribution is -0.142. The minimum absolute atomic E-state index is 0.0326. The Hall–Kier alpha value is -1.85. The van der Waals surface area contributed by atoms with Crippen molar-refractivity contribution in [2.24, 2.45) is 17.6 Å². The second-order valence-corrected chi connectivity index (χ2v) is 6.31. The van der Waals surface area contributed by atoms with Gasteiger partial charge >= 0.3 is 5.97 Å². The molecule has 0 saturated heterocycles. The van der Waals surface area contributed by atoms with Crippen LogP contribution in [-0.4, -0.2) is 71.4 Å². The fourth-order valence-electron chi connectivity index (χ4n) is 3.69. The molecule has 1 fully saturated rings. The third-order valence-electron chi connectivity index (χ3n) is 4.54. The normalized spacial score (nSPS) is 28.0. The number of aliphatic carboxylic acids is 1. The Labute approximate surface area is 147 Å². The van der Waals surface area contributed by atoms with Gasteiger partial charge in [-0.3, -0.25) is 15.0 Å². The highest BCUT2D eigenvalue weighted by Crippen LogP contribution is 2.36. The Morgan fingerprint density at radius 3 is 2.52 bits per heavy atom. The summed E-state index contributed by atoms with van der Waals surface area (Å²) in [7, 11) is 0.501. The van der Waals surface area contributed by atoms with Gasteiger partial charge in [0.1, 0.15) is 0 Å². The van der Waals surface area contributed by atoms with Crippen LogP contribution in [-0.2, 0) is 9.59 Å². The van der Waals surface area contributed by atoms with E-state index in [-0.39, 0.29) is 31.3 Å². The minimum Gasteiger partial charge on any atom is -0.481 e. The summed E-state index contributed by atoms with van der Waals surface area (Å²) in [5.41, 5.74) is 5.43. The maximum atomic E-state index is 11.7. The summed E-state index contributed by atoms with van der Waals surface area (Å²) in [4.78, 5) is 23.3. The van der Waals surface area contributed by atoms with Crippen molar-refractivity contribution in [3.8, 4) is 0 Å². The molecule has 0 aromatic heterocycles. The molecular weight excluding hydrogens is 329 g/mol. The van der Waals surface area contributed by atoms with E-state index >= 15 is 0 Å². The lowest BCUT2D eigenvalue weighted by Crippen LogP contribution is -2.59. The number of carboxylic acid groups (broad SMARTS) is 1. The molecule has 0 spiro atoms. The van der Waals surface area contributed by atoms with Crippen molar-refractivity contribution < 1.29 is 24.9 Å². The molecule has 1 aliphatic rings. The summed E-state index contributed by atoms with van der Waals surface area (Å²) < 4.78 is 0. The summed E-state index contributed by atoms with van der Waals surface area (Å²) in [6.45, 7) is 2.86. The highest BCUT2D eigenvalue weighted by Gasteiger charge is 2.51. The average molecular weight is 357 g/mol. The van der Waals surface area contributed by atoms with Crippen LogP contribution in [0.5, 0.6) is 0 Å². The Morgan fingerprint density at radius 2 is 2.08 bits per heavy atom. The van der Waals surface area contributed by atoms with Gasteiger partial charge in [-0.1, -0.05) is 6.82 Å². The predicted molar refractivity (Wildman–Crippen MR) is 93.3 cm³/mol. The lowest BCUT2D eigenvalue weighted by Gasteiger charge is -2.37. The zero-order valence-corrected chi connectivity index (χ0v) is 14.5. The van der Waals surface area contributed by atoms with E-state index in [1.807, 2.05) is 6.82 Å². The third-order valence-corrected chi connectivity index (χ3v) is 4.54. The topological polar surface area (TPSA) is 181 Å². The van der Waals surface area contributed by atoms with Gasteiger partial charge in [-0.25, -0.2) is 0 Å². The highest BCUT2D eigenvalue weighted by atomic mass is 16.4. The number of hydrogen-bond acceptors (Lipinski definition) is 6. The van der Waals surface area contributed by atoms with Crippen LogP contribution in [0, 0.1) is 17.2 Å². The summed E-state index contributed by atoms with van der Waals surface area (Å²) in [6.07, 6.45) is -0.840. The minimum atomic E-state index is -1.07. The fraction of sp³-hybridized carbons (Fsp3) is 0.786. The van der Waals surface area contributed by atoms with Gasteiger partial charge in [-0.15, -0.1) is 0 Å². The van der Waals surface area contributed by atoms with Gasteiger partial charge in [-0.2, -0.15) is 0 Å². The van der Waals surface area contributed by atoms with Crippen LogP contribution < -0.4 is 21.6 Å².